The van der Waals surface area contributed by atoms with Gasteiger partial charge in [0.25, 0.3) is 0 Å². The number of carbonyl (C=O) groups is 2. The summed E-state index contributed by atoms with van der Waals surface area (Å²) in [7, 11) is -1.79. The zero-order valence-electron chi connectivity index (χ0n) is 15.3. The van der Waals surface area contributed by atoms with E-state index in [1.807, 2.05) is 0 Å². The molecule has 1 aromatic carbocycles. The van der Waals surface area contributed by atoms with E-state index in [4.69, 9.17) is 9.47 Å². The number of esters is 2. The van der Waals surface area contributed by atoms with Crippen LogP contribution in [0.4, 0.5) is 0 Å². The number of sulfone groups is 1. The predicted octanol–water partition coefficient (Wildman–Crippen LogP) is 2.98. The molecule has 0 saturated heterocycles. The predicted molar refractivity (Wildman–Crippen MR) is 101 cm³/mol. The molecule has 27 heavy (non-hydrogen) atoms. The van der Waals surface area contributed by atoms with Gasteiger partial charge >= 0.3 is 11.9 Å². The van der Waals surface area contributed by atoms with Crippen LogP contribution in [-0.4, -0.2) is 34.6 Å². The van der Waals surface area contributed by atoms with E-state index in [0.29, 0.717) is 0 Å². The standard InChI is InChI=1S/C20H22O6S/c1-5-7-11-14-20(18(21)25-3,19(22)26-4)15-16(6-2)27(23,24)17-12-9-8-10-13-17/h5,7-13H,1-2,14-15H2,3-4H3/b11-7+. The zero-order chi connectivity index (χ0) is 20.5. The third-order valence-corrected chi connectivity index (χ3v) is 5.76. The fraction of sp³-hybridized carbons (Fsp3) is 0.250. The van der Waals surface area contributed by atoms with Crippen LogP contribution < -0.4 is 0 Å². The summed E-state index contributed by atoms with van der Waals surface area (Å²) in [5.41, 5.74) is 0.465. The average Bonchev–Trinajstić information content (AvgIpc) is 2.69. The molecule has 1 aromatic rings. The first-order chi connectivity index (χ1) is 12.8. The molecule has 0 amide bonds. The Morgan fingerprint density at radius 3 is 2.15 bits per heavy atom. The molecule has 7 heteroatoms. The third kappa shape index (κ3) is 4.84. The van der Waals surface area contributed by atoms with Crippen molar-refractivity contribution in [1.29, 1.82) is 0 Å². The quantitative estimate of drug-likeness (QED) is 0.279. The maximum absolute atomic E-state index is 12.9. The Morgan fingerprint density at radius 2 is 1.70 bits per heavy atom. The maximum atomic E-state index is 12.9. The Balaban J connectivity index is 3.51. The number of allylic oxidation sites excluding steroid dienone is 4. The maximum Gasteiger partial charge on any atom is 0.323 e. The van der Waals surface area contributed by atoms with Crippen molar-refractivity contribution in [2.45, 2.75) is 17.7 Å². The number of hydrogen-bond donors (Lipinski definition) is 0. The van der Waals surface area contributed by atoms with E-state index in [-0.39, 0.29) is 16.2 Å². The van der Waals surface area contributed by atoms with E-state index < -0.39 is 33.6 Å². The molecule has 0 saturated carbocycles. The molecule has 0 unspecified atom stereocenters. The van der Waals surface area contributed by atoms with Gasteiger partial charge in [0, 0.05) is 6.42 Å². The second-order valence-electron chi connectivity index (χ2n) is 5.53. The Hall–Kier alpha value is -2.89. The van der Waals surface area contributed by atoms with Gasteiger partial charge in [-0.2, -0.15) is 0 Å². The van der Waals surface area contributed by atoms with E-state index >= 15 is 0 Å². The number of carbonyl (C=O) groups excluding carboxylic acids is 2. The van der Waals surface area contributed by atoms with Gasteiger partial charge in [0.1, 0.15) is 0 Å². The first-order valence-electron chi connectivity index (χ1n) is 7.93. The second kappa shape index (κ2) is 9.71. The minimum absolute atomic E-state index is 0.00131. The van der Waals surface area contributed by atoms with Gasteiger partial charge in [-0.15, -0.1) is 5.73 Å². The summed E-state index contributed by atoms with van der Waals surface area (Å²) in [6, 6.07) is 7.61. The second-order valence-corrected chi connectivity index (χ2v) is 7.50. The molecular weight excluding hydrogens is 368 g/mol. The van der Waals surface area contributed by atoms with Gasteiger partial charge in [0.05, 0.1) is 24.0 Å². The minimum Gasteiger partial charge on any atom is -0.468 e. The Morgan fingerprint density at radius 1 is 1.15 bits per heavy atom. The van der Waals surface area contributed by atoms with E-state index in [2.05, 4.69) is 18.9 Å². The summed E-state index contributed by atoms with van der Waals surface area (Å²) in [4.78, 5) is 24.7. The molecule has 0 radical (unpaired) electrons. The lowest BCUT2D eigenvalue weighted by atomic mass is 9.80. The van der Waals surface area contributed by atoms with Crippen LogP contribution >= 0.6 is 0 Å². The van der Waals surface area contributed by atoms with Gasteiger partial charge in [0.2, 0.25) is 9.84 Å². The number of benzene rings is 1. The van der Waals surface area contributed by atoms with Crippen molar-refractivity contribution in [3.8, 4) is 0 Å². The molecular formula is C20H22O6S. The van der Waals surface area contributed by atoms with E-state index in [9.17, 15) is 18.0 Å². The molecule has 0 aliphatic heterocycles. The topological polar surface area (TPSA) is 86.7 Å². The van der Waals surface area contributed by atoms with E-state index in [0.717, 1.165) is 14.2 Å². The molecule has 0 spiro atoms. The number of rotatable bonds is 9. The molecule has 144 valence electrons. The van der Waals surface area contributed by atoms with Gasteiger partial charge in [-0.1, -0.05) is 49.6 Å². The van der Waals surface area contributed by atoms with E-state index in [1.54, 1.807) is 18.2 Å². The highest BCUT2D eigenvalue weighted by molar-refractivity contribution is 7.95. The van der Waals surface area contributed by atoms with Crippen LogP contribution in [0.3, 0.4) is 0 Å². The van der Waals surface area contributed by atoms with Crippen molar-refractivity contribution in [2.24, 2.45) is 5.41 Å². The third-order valence-electron chi connectivity index (χ3n) is 3.93. The summed E-state index contributed by atoms with van der Waals surface area (Å²) in [5, 5.41) is 0. The Kier molecular flexibility index (Phi) is 7.97. The molecule has 0 heterocycles. The normalized spacial score (nSPS) is 11.5. The molecule has 0 aromatic heterocycles. The number of ether oxygens (including phenoxy) is 2. The van der Waals surface area contributed by atoms with Crippen LogP contribution in [0.1, 0.15) is 12.8 Å². The molecule has 6 nitrogen and oxygen atoms in total. The van der Waals surface area contributed by atoms with Crippen molar-refractivity contribution in [1.82, 2.24) is 0 Å². The van der Waals surface area contributed by atoms with Gasteiger partial charge in [-0.25, -0.2) is 8.42 Å². The summed E-state index contributed by atoms with van der Waals surface area (Å²) < 4.78 is 35.4. The fourth-order valence-corrected chi connectivity index (χ4v) is 3.92. The van der Waals surface area contributed by atoms with Crippen molar-refractivity contribution >= 4 is 21.8 Å². The molecule has 0 aliphatic rings. The molecule has 0 atom stereocenters. The summed E-state index contributed by atoms with van der Waals surface area (Å²) in [6.45, 7) is 6.95. The van der Waals surface area contributed by atoms with Crippen LogP contribution in [0.25, 0.3) is 0 Å². The van der Waals surface area contributed by atoms with Crippen LogP contribution in [0.15, 0.2) is 77.2 Å². The molecule has 0 aliphatic carbocycles. The minimum atomic E-state index is -4.02. The van der Waals surface area contributed by atoms with E-state index in [1.165, 1.54) is 30.4 Å². The summed E-state index contributed by atoms with van der Waals surface area (Å²) in [6.07, 6.45) is 3.85. The average molecular weight is 390 g/mol. The lowest BCUT2D eigenvalue weighted by molar-refractivity contribution is -0.168. The van der Waals surface area contributed by atoms with Crippen molar-refractivity contribution in [3.63, 3.8) is 0 Å². The summed E-state index contributed by atoms with van der Waals surface area (Å²) in [5.74, 6) is -1.84. The van der Waals surface area contributed by atoms with Gasteiger partial charge in [-0.05, 0) is 18.6 Å². The Labute approximate surface area is 159 Å². The Bertz CT molecular complexity index is 858. The summed E-state index contributed by atoms with van der Waals surface area (Å²) >= 11 is 0. The van der Waals surface area contributed by atoms with Gasteiger partial charge in [-0.3, -0.25) is 9.59 Å². The molecule has 0 N–H and O–H groups in total. The van der Waals surface area contributed by atoms with Gasteiger partial charge in [0.15, 0.2) is 5.41 Å². The van der Waals surface area contributed by atoms with Crippen molar-refractivity contribution in [3.05, 3.63) is 72.4 Å². The monoisotopic (exact) mass is 390 g/mol. The molecule has 0 fully saturated rings. The highest BCUT2D eigenvalue weighted by atomic mass is 32.2. The highest BCUT2D eigenvalue weighted by Gasteiger charge is 2.49. The van der Waals surface area contributed by atoms with Crippen LogP contribution in [0.2, 0.25) is 0 Å². The zero-order valence-corrected chi connectivity index (χ0v) is 16.1. The van der Waals surface area contributed by atoms with Gasteiger partial charge < -0.3 is 9.47 Å². The fourth-order valence-electron chi connectivity index (χ4n) is 2.49. The van der Waals surface area contributed by atoms with Crippen LogP contribution in [-0.2, 0) is 28.9 Å². The molecule has 0 bridgehead atoms. The first-order valence-corrected chi connectivity index (χ1v) is 9.42. The van der Waals surface area contributed by atoms with Crippen LogP contribution in [0.5, 0.6) is 0 Å². The highest BCUT2D eigenvalue weighted by Crippen LogP contribution is 2.37. The molecule has 1 rings (SSSR count). The number of methoxy groups -OCH3 is 2. The smallest absolute Gasteiger partial charge is 0.323 e. The largest absolute Gasteiger partial charge is 0.468 e. The van der Waals surface area contributed by atoms with Crippen LogP contribution in [0, 0.1) is 5.41 Å². The van der Waals surface area contributed by atoms with Crippen molar-refractivity contribution < 1.29 is 27.5 Å². The number of hydrogen-bond acceptors (Lipinski definition) is 6. The SMILES string of the molecule is C=C=C(CC(C/C=C/C=C)(C(=O)OC)C(=O)OC)S(=O)(=O)c1ccccc1. The van der Waals surface area contributed by atoms with Crippen molar-refractivity contribution in [2.75, 3.05) is 14.2 Å². The first kappa shape index (κ1) is 22.2. The lowest BCUT2D eigenvalue weighted by Crippen LogP contribution is -2.42. The lowest BCUT2D eigenvalue weighted by Gasteiger charge is -2.27.